The zero-order valence-corrected chi connectivity index (χ0v) is 13.2. The molecule has 0 heterocycles. The van der Waals surface area contributed by atoms with Crippen LogP contribution in [0.25, 0.3) is 0 Å². The third kappa shape index (κ3) is 6.27. The molecule has 1 aromatic carbocycles. The van der Waals surface area contributed by atoms with Crippen molar-refractivity contribution < 1.29 is 23.0 Å². The fourth-order valence-electron chi connectivity index (χ4n) is 2.68. The second kappa shape index (κ2) is 8.23. The van der Waals surface area contributed by atoms with E-state index < -0.39 is 12.5 Å². The molecule has 24 heavy (non-hydrogen) atoms. The molecule has 5 nitrogen and oxygen atoms in total. The van der Waals surface area contributed by atoms with Crippen LogP contribution in [-0.2, 0) is 0 Å². The molecule has 0 aliphatic heterocycles. The molecule has 0 amide bonds. The summed E-state index contributed by atoms with van der Waals surface area (Å²) in [6, 6.07) is 5.36. The van der Waals surface area contributed by atoms with Crippen molar-refractivity contribution in [2.24, 2.45) is 10.7 Å². The molecule has 0 spiro atoms. The first kappa shape index (κ1) is 18.4. The number of hydrogen-bond acceptors (Lipinski definition) is 3. The minimum absolute atomic E-state index is 0.0328. The summed E-state index contributed by atoms with van der Waals surface area (Å²) in [6.45, 7) is 0.0328. The highest BCUT2D eigenvalue weighted by molar-refractivity contribution is 5.78. The molecule has 8 heteroatoms. The van der Waals surface area contributed by atoms with E-state index in [9.17, 15) is 18.3 Å². The average Bonchev–Trinajstić information content (AvgIpc) is 2.53. The van der Waals surface area contributed by atoms with Crippen LogP contribution in [0.15, 0.2) is 29.3 Å². The zero-order valence-electron chi connectivity index (χ0n) is 13.2. The van der Waals surface area contributed by atoms with Gasteiger partial charge in [-0.15, -0.1) is 13.2 Å². The van der Waals surface area contributed by atoms with Crippen molar-refractivity contribution >= 4 is 5.96 Å². The molecular formula is C16H22F3N3O2. The Morgan fingerprint density at radius 3 is 2.46 bits per heavy atom. The van der Waals surface area contributed by atoms with Gasteiger partial charge < -0.3 is 20.9 Å². The SMILES string of the molecule is NC(=NCC(O)c1ccc(OC(F)(F)F)cc1)NC1CCCCC1. The minimum Gasteiger partial charge on any atom is -0.406 e. The highest BCUT2D eigenvalue weighted by Crippen LogP contribution is 2.24. The number of ether oxygens (including phenoxy) is 1. The van der Waals surface area contributed by atoms with Crippen LogP contribution in [0.2, 0.25) is 0 Å². The minimum atomic E-state index is -4.73. The molecule has 1 aliphatic rings. The Morgan fingerprint density at radius 2 is 1.88 bits per heavy atom. The smallest absolute Gasteiger partial charge is 0.406 e. The normalized spacial score (nSPS) is 18.2. The number of rotatable bonds is 5. The number of alkyl halides is 3. The molecule has 1 fully saturated rings. The fourth-order valence-corrected chi connectivity index (χ4v) is 2.68. The Balaban J connectivity index is 1.84. The fraction of sp³-hybridized carbons (Fsp3) is 0.562. The quantitative estimate of drug-likeness (QED) is 0.566. The van der Waals surface area contributed by atoms with E-state index >= 15 is 0 Å². The van der Waals surface area contributed by atoms with Crippen molar-refractivity contribution in [3.8, 4) is 5.75 Å². The van der Waals surface area contributed by atoms with Crippen LogP contribution >= 0.6 is 0 Å². The molecule has 0 radical (unpaired) electrons. The number of nitrogens with zero attached hydrogens (tertiary/aromatic N) is 1. The average molecular weight is 345 g/mol. The lowest BCUT2D eigenvalue weighted by Gasteiger charge is -2.23. The predicted octanol–water partition coefficient (Wildman–Crippen LogP) is 2.86. The maximum Gasteiger partial charge on any atom is 0.573 e. The Labute approximate surface area is 138 Å². The third-order valence-corrected chi connectivity index (χ3v) is 3.89. The van der Waals surface area contributed by atoms with E-state index in [0.717, 1.165) is 25.0 Å². The number of aliphatic hydroxyl groups is 1. The first-order valence-electron chi connectivity index (χ1n) is 7.94. The summed E-state index contributed by atoms with van der Waals surface area (Å²) in [5.74, 6) is -0.0570. The molecule has 2 rings (SSSR count). The van der Waals surface area contributed by atoms with E-state index in [1.807, 2.05) is 0 Å². The second-order valence-electron chi connectivity index (χ2n) is 5.84. The van der Waals surface area contributed by atoms with Crippen LogP contribution in [0, 0.1) is 0 Å². The van der Waals surface area contributed by atoms with Gasteiger partial charge in [0.25, 0.3) is 0 Å². The lowest BCUT2D eigenvalue weighted by molar-refractivity contribution is -0.274. The summed E-state index contributed by atoms with van der Waals surface area (Å²) >= 11 is 0. The number of hydrogen-bond donors (Lipinski definition) is 3. The van der Waals surface area contributed by atoms with Crippen molar-refractivity contribution in [2.75, 3.05) is 6.54 Å². The molecule has 134 valence electrons. The van der Waals surface area contributed by atoms with E-state index in [1.54, 1.807) is 0 Å². The summed E-state index contributed by atoms with van der Waals surface area (Å²) < 4.78 is 40.1. The molecule has 1 unspecified atom stereocenters. The molecule has 4 N–H and O–H groups in total. The largest absolute Gasteiger partial charge is 0.573 e. The molecule has 0 aromatic heterocycles. The number of nitrogens with one attached hydrogen (secondary N) is 1. The van der Waals surface area contributed by atoms with Gasteiger partial charge in [-0.25, -0.2) is 0 Å². The number of aliphatic imine (C=N–C) groups is 1. The van der Waals surface area contributed by atoms with Crippen LogP contribution in [0.5, 0.6) is 5.75 Å². The number of guanidine groups is 1. The highest BCUT2D eigenvalue weighted by Gasteiger charge is 2.31. The van der Waals surface area contributed by atoms with Gasteiger partial charge in [-0.05, 0) is 30.5 Å². The van der Waals surface area contributed by atoms with Crippen LogP contribution in [0.3, 0.4) is 0 Å². The third-order valence-electron chi connectivity index (χ3n) is 3.89. The monoisotopic (exact) mass is 345 g/mol. The maximum absolute atomic E-state index is 12.1. The van der Waals surface area contributed by atoms with Gasteiger partial charge in [0.1, 0.15) is 5.75 Å². The summed E-state index contributed by atoms with van der Waals surface area (Å²) in [6.07, 6.45) is 0.00123. The number of aliphatic hydroxyl groups excluding tert-OH is 1. The molecule has 0 saturated heterocycles. The summed E-state index contributed by atoms with van der Waals surface area (Å²) in [7, 11) is 0. The first-order valence-corrected chi connectivity index (χ1v) is 7.94. The Kier molecular flexibility index (Phi) is 6.30. The van der Waals surface area contributed by atoms with E-state index in [-0.39, 0.29) is 18.3 Å². The van der Waals surface area contributed by atoms with Gasteiger partial charge in [-0.2, -0.15) is 0 Å². The molecule has 1 atom stereocenters. The highest BCUT2D eigenvalue weighted by atomic mass is 19.4. The van der Waals surface area contributed by atoms with Crippen molar-refractivity contribution in [1.29, 1.82) is 0 Å². The van der Waals surface area contributed by atoms with Crippen LogP contribution in [0.4, 0.5) is 13.2 Å². The predicted molar refractivity (Wildman–Crippen MR) is 84.6 cm³/mol. The second-order valence-corrected chi connectivity index (χ2v) is 5.84. The van der Waals surface area contributed by atoms with E-state index in [1.165, 1.54) is 31.4 Å². The van der Waals surface area contributed by atoms with Gasteiger partial charge in [-0.1, -0.05) is 31.4 Å². The van der Waals surface area contributed by atoms with Crippen LogP contribution in [0.1, 0.15) is 43.8 Å². The molecule has 0 bridgehead atoms. The van der Waals surface area contributed by atoms with Gasteiger partial charge in [-0.3, -0.25) is 4.99 Å². The molecular weight excluding hydrogens is 323 g/mol. The van der Waals surface area contributed by atoms with Crippen molar-refractivity contribution in [2.45, 2.75) is 50.6 Å². The number of benzene rings is 1. The lowest BCUT2D eigenvalue weighted by Crippen LogP contribution is -2.41. The zero-order chi connectivity index (χ0) is 17.6. The van der Waals surface area contributed by atoms with Crippen molar-refractivity contribution in [3.05, 3.63) is 29.8 Å². The van der Waals surface area contributed by atoms with E-state index in [0.29, 0.717) is 11.6 Å². The molecule has 1 aromatic rings. The van der Waals surface area contributed by atoms with Crippen LogP contribution < -0.4 is 15.8 Å². The number of halogens is 3. The van der Waals surface area contributed by atoms with Crippen LogP contribution in [-0.4, -0.2) is 30.0 Å². The Bertz CT molecular complexity index is 540. The van der Waals surface area contributed by atoms with Gasteiger partial charge in [0.2, 0.25) is 0 Å². The van der Waals surface area contributed by atoms with E-state index in [4.69, 9.17) is 5.73 Å². The number of nitrogens with two attached hydrogens (primary N) is 1. The summed E-state index contributed by atoms with van der Waals surface area (Å²) in [5, 5.41) is 13.2. The lowest BCUT2D eigenvalue weighted by atomic mass is 9.96. The van der Waals surface area contributed by atoms with Gasteiger partial charge >= 0.3 is 6.36 Å². The van der Waals surface area contributed by atoms with Crippen molar-refractivity contribution in [3.63, 3.8) is 0 Å². The molecule has 1 aliphatic carbocycles. The summed E-state index contributed by atoms with van der Waals surface area (Å²) in [5.41, 5.74) is 6.25. The van der Waals surface area contributed by atoms with Gasteiger partial charge in [0.15, 0.2) is 5.96 Å². The molecule has 1 saturated carbocycles. The Hall–Kier alpha value is -1.96. The topological polar surface area (TPSA) is 79.9 Å². The maximum atomic E-state index is 12.1. The standard InChI is InChI=1S/C16H22F3N3O2/c17-16(18,19)24-13-8-6-11(7-9-13)14(23)10-21-15(20)22-12-4-2-1-3-5-12/h6-9,12,14,23H,1-5,10H2,(H3,20,21,22). The van der Waals surface area contributed by atoms with Gasteiger partial charge in [0.05, 0.1) is 12.6 Å². The van der Waals surface area contributed by atoms with Crippen molar-refractivity contribution in [1.82, 2.24) is 5.32 Å². The van der Waals surface area contributed by atoms with Gasteiger partial charge in [0, 0.05) is 6.04 Å². The first-order chi connectivity index (χ1) is 11.3. The van der Waals surface area contributed by atoms with E-state index in [2.05, 4.69) is 15.0 Å². The summed E-state index contributed by atoms with van der Waals surface area (Å²) in [4.78, 5) is 4.10. The Morgan fingerprint density at radius 1 is 1.25 bits per heavy atom.